The van der Waals surface area contributed by atoms with E-state index in [0.29, 0.717) is 19.3 Å². The third-order valence-corrected chi connectivity index (χ3v) is 2.32. The molecule has 1 rings (SSSR count). The van der Waals surface area contributed by atoms with Crippen LogP contribution in [-0.4, -0.2) is 5.78 Å². The summed E-state index contributed by atoms with van der Waals surface area (Å²) in [5.74, 6) is 2.74. The predicted octanol–water partition coefficient (Wildman–Crippen LogP) is 2.91. The number of ketones is 1. The molecule has 0 radical (unpaired) electrons. The third-order valence-electron chi connectivity index (χ3n) is 2.32. The summed E-state index contributed by atoms with van der Waals surface area (Å²) in [6.07, 6.45) is 7.61. The van der Waals surface area contributed by atoms with Crippen LogP contribution in [0.4, 0.5) is 0 Å². The van der Waals surface area contributed by atoms with Crippen molar-refractivity contribution in [3.05, 3.63) is 35.4 Å². The molecule has 0 aliphatic carbocycles. The topological polar surface area (TPSA) is 17.1 Å². The van der Waals surface area contributed by atoms with E-state index in [9.17, 15) is 4.79 Å². The molecule has 1 aromatic rings. The van der Waals surface area contributed by atoms with Crippen molar-refractivity contribution in [1.82, 2.24) is 0 Å². The summed E-state index contributed by atoms with van der Waals surface area (Å²) in [4.78, 5) is 11.4. The van der Waals surface area contributed by atoms with Gasteiger partial charge in [-0.1, -0.05) is 29.8 Å². The largest absolute Gasteiger partial charge is 0.300 e. The van der Waals surface area contributed by atoms with Crippen LogP contribution in [0.2, 0.25) is 0 Å². The summed E-state index contributed by atoms with van der Waals surface area (Å²) < 4.78 is 0. The summed E-state index contributed by atoms with van der Waals surface area (Å²) in [5.41, 5.74) is 2.47. The molecule has 0 bridgehead atoms. The number of rotatable bonds is 5. The molecular formula is C14H16O. The van der Waals surface area contributed by atoms with Crippen LogP contribution in [0, 0.1) is 19.3 Å². The molecule has 0 aliphatic rings. The molecular weight excluding hydrogens is 184 g/mol. The average molecular weight is 200 g/mol. The summed E-state index contributed by atoms with van der Waals surface area (Å²) in [6, 6.07) is 8.26. The molecule has 0 atom stereocenters. The molecule has 0 spiro atoms. The minimum Gasteiger partial charge on any atom is -0.300 e. The van der Waals surface area contributed by atoms with Gasteiger partial charge in [-0.05, 0) is 18.9 Å². The Morgan fingerprint density at radius 3 is 2.87 bits per heavy atom. The first-order valence-corrected chi connectivity index (χ1v) is 5.23. The SMILES string of the molecule is C#CCCC(=O)CCc1cccc(C)c1. The first-order chi connectivity index (χ1) is 7.22. The molecule has 0 fully saturated rings. The highest BCUT2D eigenvalue weighted by Gasteiger charge is 2.01. The van der Waals surface area contributed by atoms with E-state index < -0.39 is 0 Å². The van der Waals surface area contributed by atoms with Gasteiger partial charge in [-0.2, -0.15) is 0 Å². The van der Waals surface area contributed by atoms with E-state index in [4.69, 9.17) is 6.42 Å². The minimum absolute atomic E-state index is 0.259. The van der Waals surface area contributed by atoms with Gasteiger partial charge < -0.3 is 0 Å². The van der Waals surface area contributed by atoms with Crippen LogP contribution in [0.1, 0.15) is 30.4 Å². The summed E-state index contributed by atoms with van der Waals surface area (Å²) in [6.45, 7) is 2.06. The minimum atomic E-state index is 0.259. The van der Waals surface area contributed by atoms with E-state index in [1.54, 1.807) is 0 Å². The molecule has 1 aromatic carbocycles. The lowest BCUT2D eigenvalue weighted by atomic mass is 10.0. The zero-order chi connectivity index (χ0) is 11.1. The number of hydrogen-bond acceptors (Lipinski definition) is 1. The number of carbonyl (C=O) groups is 1. The first-order valence-electron chi connectivity index (χ1n) is 5.23. The quantitative estimate of drug-likeness (QED) is 0.668. The standard InChI is InChI=1S/C14H16O/c1-3-4-8-14(15)10-9-13-7-5-6-12(2)11-13/h1,5-7,11H,4,8-10H2,2H3. The fraction of sp³-hybridized carbons (Fsp3) is 0.357. The lowest BCUT2D eigenvalue weighted by Crippen LogP contribution is -1.99. The Bertz CT molecular complexity index is 371. The van der Waals surface area contributed by atoms with Crippen molar-refractivity contribution in [3.8, 4) is 12.3 Å². The van der Waals surface area contributed by atoms with Crippen LogP contribution in [0.25, 0.3) is 0 Å². The molecule has 0 saturated carbocycles. The van der Waals surface area contributed by atoms with Crippen LogP contribution >= 0.6 is 0 Å². The van der Waals surface area contributed by atoms with Crippen molar-refractivity contribution in [3.63, 3.8) is 0 Å². The highest BCUT2D eigenvalue weighted by atomic mass is 16.1. The molecule has 1 nitrogen and oxygen atoms in total. The Kier molecular flexibility index (Phi) is 4.63. The Morgan fingerprint density at radius 2 is 2.20 bits per heavy atom. The van der Waals surface area contributed by atoms with Crippen LogP contribution in [-0.2, 0) is 11.2 Å². The van der Waals surface area contributed by atoms with Gasteiger partial charge in [0.15, 0.2) is 0 Å². The predicted molar refractivity (Wildman–Crippen MR) is 62.6 cm³/mol. The summed E-state index contributed by atoms with van der Waals surface area (Å²) in [7, 11) is 0. The van der Waals surface area contributed by atoms with Crippen LogP contribution < -0.4 is 0 Å². The number of terminal acetylenes is 1. The lowest BCUT2D eigenvalue weighted by Gasteiger charge is -2.01. The van der Waals surface area contributed by atoms with E-state index >= 15 is 0 Å². The van der Waals surface area contributed by atoms with Crippen LogP contribution in [0.3, 0.4) is 0 Å². The van der Waals surface area contributed by atoms with Crippen molar-refractivity contribution in [2.24, 2.45) is 0 Å². The molecule has 15 heavy (non-hydrogen) atoms. The average Bonchev–Trinajstić information content (AvgIpc) is 2.23. The molecule has 0 aromatic heterocycles. The molecule has 0 unspecified atom stereocenters. The van der Waals surface area contributed by atoms with Gasteiger partial charge in [-0.3, -0.25) is 4.79 Å². The van der Waals surface area contributed by atoms with Gasteiger partial charge in [0.05, 0.1) is 0 Å². The first kappa shape index (κ1) is 11.5. The van der Waals surface area contributed by atoms with Crippen LogP contribution in [0.5, 0.6) is 0 Å². The van der Waals surface area contributed by atoms with Gasteiger partial charge in [0.2, 0.25) is 0 Å². The molecule has 0 saturated heterocycles. The molecule has 0 heterocycles. The van der Waals surface area contributed by atoms with Crippen molar-refractivity contribution in [1.29, 1.82) is 0 Å². The van der Waals surface area contributed by atoms with Gasteiger partial charge in [-0.25, -0.2) is 0 Å². The van der Waals surface area contributed by atoms with Gasteiger partial charge in [0.25, 0.3) is 0 Å². The monoisotopic (exact) mass is 200 g/mol. The fourth-order valence-electron chi connectivity index (χ4n) is 1.49. The van der Waals surface area contributed by atoms with Crippen molar-refractivity contribution < 1.29 is 4.79 Å². The Labute approximate surface area is 91.5 Å². The smallest absolute Gasteiger partial charge is 0.134 e. The molecule has 0 amide bonds. The molecule has 0 aliphatic heterocycles. The molecule has 0 N–H and O–H groups in total. The number of aryl methyl sites for hydroxylation is 2. The lowest BCUT2D eigenvalue weighted by molar-refractivity contribution is -0.118. The van der Waals surface area contributed by atoms with E-state index in [2.05, 4.69) is 31.0 Å². The second-order valence-electron chi connectivity index (χ2n) is 3.73. The second kappa shape index (κ2) is 6.03. The van der Waals surface area contributed by atoms with E-state index in [1.807, 2.05) is 6.07 Å². The third kappa shape index (κ3) is 4.46. The van der Waals surface area contributed by atoms with Crippen molar-refractivity contribution >= 4 is 5.78 Å². The molecule has 78 valence electrons. The fourth-order valence-corrected chi connectivity index (χ4v) is 1.49. The number of hydrogen-bond donors (Lipinski definition) is 0. The Balaban J connectivity index is 2.37. The van der Waals surface area contributed by atoms with Crippen LogP contribution in [0.15, 0.2) is 24.3 Å². The highest BCUT2D eigenvalue weighted by Crippen LogP contribution is 2.07. The maximum absolute atomic E-state index is 11.4. The van der Waals surface area contributed by atoms with Crippen molar-refractivity contribution in [2.75, 3.05) is 0 Å². The summed E-state index contributed by atoms with van der Waals surface area (Å²) >= 11 is 0. The Morgan fingerprint density at radius 1 is 1.40 bits per heavy atom. The second-order valence-corrected chi connectivity index (χ2v) is 3.73. The van der Waals surface area contributed by atoms with Crippen molar-refractivity contribution in [2.45, 2.75) is 32.6 Å². The summed E-state index contributed by atoms with van der Waals surface area (Å²) in [5, 5.41) is 0. The molecule has 1 heteroatoms. The van der Waals surface area contributed by atoms with Gasteiger partial charge in [0.1, 0.15) is 5.78 Å². The van der Waals surface area contributed by atoms with Gasteiger partial charge in [0, 0.05) is 19.3 Å². The number of carbonyl (C=O) groups excluding carboxylic acids is 1. The maximum atomic E-state index is 11.4. The van der Waals surface area contributed by atoms with E-state index in [-0.39, 0.29) is 5.78 Å². The highest BCUT2D eigenvalue weighted by molar-refractivity contribution is 5.78. The normalized spacial score (nSPS) is 9.60. The maximum Gasteiger partial charge on any atom is 0.134 e. The zero-order valence-electron chi connectivity index (χ0n) is 9.12. The number of benzene rings is 1. The number of Topliss-reactive ketones (excluding diaryl/α,β-unsaturated/α-hetero) is 1. The van der Waals surface area contributed by atoms with E-state index in [1.165, 1.54) is 11.1 Å². The van der Waals surface area contributed by atoms with E-state index in [0.717, 1.165) is 6.42 Å². The zero-order valence-corrected chi connectivity index (χ0v) is 9.12. The Hall–Kier alpha value is -1.55. The van der Waals surface area contributed by atoms with Gasteiger partial charge >= 0.3 is 0 Å². The van der Waals surface area contributed by atoms with Gasteiger partial charge in [-0.15, -0.1) is 12.3 Å².